The monoisotopic (exact) mass is 246 g/mol. The van der Waals surface area contributed by atoms with Gasteiger partial charge in [0.25, 0.3) is 0 Å². The molecular formula is C14H14O2S. The molecule has 2 aromatic rings. The van der Waals surface area contributed by atoms with Gasteiger partial charge in [-0.3, -0.25) is 0 Å². The summed E-state index contributed by atoms with van der Waals surface area (Å²) in [5.74, 6) is -0.353. The van der Waals surface area contributed by atoms with E-state index in [1.807, 2.05) is 12.1 Å². The third-order valence-corrected chi connectivity index (χ3v) is 3.69. The number of hydrogen-bond donors (Lipinski definition) is 1. The minimum Gasteiger partial charge on any atom is -0.478 e. The van der Waals surface area contributed by atoms with Crippen molar-refractivity contribution in [2.24, 2.45) is 0 Å². The Labute approximate surface area is 105 Å². The van der Waals surface area contributed by atoms with Crippen molar-refractivity contribution in [1.29, 1.82) is 0 Å². The zero-order chi connectivity index (χ0) is 12.4. The van der Waals surface area contributed by atoms with Gasteiger partial charge < -0.3 is 5.11 Å². The van der Waals surface area contributed by atoms with Crippen molar-refractivity contribution >= 4 is 17.3 Å². The maximum absolute atomic E-state index is 10.8. The van der Waals surface area contributed by atoms with Gasteiger partial charge in [0.05, 0.1) is 5.56 Å². The van der Waals surface area contributed by atoms with Crippen LogP contribution < -0.4 is 0 Å². The predicted molar refractivity (Wildman–Crippen MR) is 70.8 cm³/mol. The summed E-state index contributed by atoms with van der Waals surface area (Å²) in [6, 6.07) is 10.0. The molecule has 0 amide bonds. The lowest BCUT2D eigenvalue weighted by atomic mass is 10.0. The smallest absolute Gasteiger partial charge is 0.336 e. The molecule has 0 bridgehead atoms. The summed E-state index contributed by atoms with van der Waals surface area (Å²) in [6.07, 6.45) is 0. The third-order valence-electron chi connectivity index (χ3n) is 2.71. The molecule has 17 heavy (non-hydrogen) atoms. The number of benzene rings is 1. The Bertz CT molecular complexity index is 523. The molecule has 1 aromatic heterocycles. The van der Waals surface area contributed by atoms with Crippen LogP contribution in [-0.4, -0.2) is 11.1 Å². The molecule has 0 fully saturated rings. The Hall–Kier alpha value is -1.61. The van der Waals surface area contributed by atoms with E-state index in [2.05, 4.69) is 26.0 Å². The molecule has 1 N–H and O–H groups in total. The summed E-state index contributed by atoms with van der Waals surface area (Å²) < 4.78 is 0. The zero-order valence-corrected chi connectivity index (χ0v) is 10.6. The average molecular weight is 246 g/mol. The van der Waals surface area contributed by atoms with Crippen LogP contribution >= 0.6 is 11.3 Å². The fourth-order valence-electron chi connectivity index (χ4n) is 1.63. The van der Waals surface area contributed by atoms with Gasteiger partial charge in [-0.05, 0) is 23.1 Å². The molecule has 0 saturated heterocycles. The molecule has 0 radical (unpaired) electrons. The highest BCUT2D eigenvalue weighted by Gasteiger charge is 2.08. The molecule has 0 aliphatic rings. The van der Waals surface area contributed by atoms with Crippen molar-refractivity contribution < 1.29 is 9.90 Å². The molecule has 0 spiro atoms. The van der Waals surface area contributed by atoms with Gasteiger partial charge in [-0.25, -0.2) is 4.79 Å². The molecule has 1 aromatic carbocycles. The standard InChI is InChI=1S/C14H14O2S/c1-9(2)10-3-5-11(6-4-10)13-7-12(8-17-13)14(15)16/h3-9H,1-2H3,(H,15,16). The van der Waals surface area contributed by atoms with Gasteiger partial charge in [-0.1, -0.05) is 38.1 Å². The Kier molecular flexibility index (Phi) is 3.29. The quantitative estimate of drug-likeness (QED) is 0.879. The molecule has 0 unspecified atom stereocenters. The molecular weight excluding hydrogens is 232 g/mol. The number of hydrogen-bond acceptors (Lipinski definition) is 2. The highest BCUT2D eigenvalue weighted by molar-refractivity contribution is 7.13. The fourth-order valence-corrected chi connectivity index (χ4v) is 2.52. The molecule has 0 aliphatic heterocycles. The second-order valence-corrected chi connectivity index (χ2v) is 5.19. The number of carbonyl (C=O) groups is 1. The lowest BCUT2D eigenvalue weighted by Gasteiger charge is -2.05. The van der Waals surface area contributed by atoms with E-state index in [-0.39, 0.29) is 0 Å². The Balaban J connectivity index is 2.30. The largest absolute Gasteiger partial charge is 0.478 e. The normalized spacial score (nSPS) is 10.8. The number of thiophene rings is 1. The topological polar surface area (TPSA) is 37.3 Å². The van der Waals surface area contributed by atoms with Crippen molar-refractivity contribution in [3.05, 3.63) is 46.8 Å². The van der Waals surface area contributed by atoms with E-state index in [0.717, 1.165) is 10.4 Å². The van der Waals surface area contributed by atoms with Crippen LogP contribution in [-0.2, 0) is 0 Å². The van der Waals surface area contributed by atoms with Gasteiger partial charge in [0.1, 0.15) is 0 Å². The van der Waals surface area contributed by atoms with Gasteiger partial charge >= 0.3 is 5.97 Å². The van der Waals surface area contributed by atoms with Crippen LogP contribution in [0.2, 0.25) is 0 Å². The van der Waals surface area contributed by atoms with E-state index in [0.29, 0.717) is 11.5 Å². The van der Waals surface area contributed by atoms with E-state index < -0.39 is 5.97 Å². The summed E-state index contributed by atoms with van der Waals surface area (Å²) in [4.78, 5) is 11.8. The summed E-state index contributed by atoms with van der Waals surface area (Å²) in [5.41, 5.74) is 2.73. The van der Waals surface area contributed by atoms with Crippen LogP contribution in [0.5, 0.6) is 0 Å². The van der Waals surface area contributed by atoms with Crippen LogP contribution in [0.25, 0.3) is 10.4 Å². The van der Waals surface area contributed by atoms with Gasteiger partial charge in [0.2, 0.25) is 0 Å². The van der Waals surface area contributed by atoms with Crippen LogP contribution in [0.1, 0.15) is 35.7 Å². The van der Waals surface area contributed by atoms with Crippen LogP contribution in [0.4, 0.5) is 0 Å². The lowest BCUT2D eigenvalue weighted by molar-refractivity contribution is 0.0697. The van der Waals surface area contributed by atoms with E-state index in [9.17, 15) is 4.79 Å². The summed E-state index contributed by atoms with van der Waals surface area (Å²) >= 11 is 1.46. The number of rotatable bonds is 3. The fraction of sp³-hybridized carbons (Fsp3) is 0.214. The van der Waals surface area contributed by atoms with Crippen LogP contribution in [0.3, 0.4) is 0 Å². The molecule has 1 heterocycles. The first-order valence-corrected chi connectivity index (χ1v) is 6.38. The van der Waals surface area contributed by atoms with Crippen LogP contribution in [0.15, 0.2) is 35.7 Å². The summed E-state index contributed by atoms with van der Waals surface area (Å²) in [5, 5.41) is 10.5. The molecule has 0 aliphatic carbocycles. The third kappa shape index (κ3) is 2.56. The molecule has 2 rings (SSSR count). The minimum absolute atomic E-state index is 0.359. The Morgan fingerprint density at radius 2 is 1.88 bits per heavy atom. The Morgan fingerprint density at radius 3 is 2.35 bits per heavy atom. The second kappa shape index (κ2) is 4.72. The van der Waals surface area contributed by atoms with Crippen molar-refractivity contribution in [2.45, 2.75) is 19.8 Å². The van der Waals surface area contributed by atoms with Gasteiger partial charge in [-0.15, -0.1) is 11.3 Å². The molecule has 3 heteroatoms. The molecule has 0 saturated carbocycles. The maximum Gasteiger partial charge on any atom is 0.336 e. The number of carboxylic acid groups (broad SMARTS) is 1. The van der Waals surface area contributed by atoms with Crippen LogP contribution in [0, 0.1) is 0 Å². The first kappa shape index (κ1) is 11.9. The van der Waals surface area contributed by atoms with E-state index in [1.165, 1.54) is 16.9 Å². The summed E-state index contributed by atoms with van der Waals surface area (Å²) in [6.45, 7) is 4.31. The van der Waals surface area contributed by atoms with E-state index >= 15 is 0 Å². The van der Waals surface area contributed by atoms with Gasteiger partial charge in [-0.2, -0.15) is 0 Å². The summed E-state index contributed by atoms with van der Waals surface area (Å²) in [7, 11) is 0. The zero-order valence-electron chi connectivity index (χ0n) is 9.81. The van der Waals surface area contributed by atoms with Crippen molar-refractivity contribution in [3.8, 4) is 10.4 Å². The minimum atomic E-state index is -0.869. The highest BCUT2D eigenvalue weighted by Crippen LogP contribution is 2.28. The Morgan fingerprint density at radius 1 is 1.24 bits per heavy atom. The van der Waals surface area contributed by atoms with Gasteiger partial charge in [0.15, 0.2) is 0 Å². The maximum atomic E-state index is 10.8. The lowest BCUT2D eigenvalue weighted by Crippen LogP contribution is -1.91. The molecule has 2 nitrogen and oxygen atoms in total. The van der Waals surface area contributed by atoms with Crippen molar-refractivity contribution in [1.82, 2.24) is 0 Å². The molecule has 0 atom stereocenters. The predicted octanol–water partition coefficient (Wildman–Crippen LogP) is 4.24. The first-order valence-electron chi connectivity index (χ1n) is 5.50. The second-order valence-electron chi connectivity index (χ2n) is 4.28. The highest BCUT2D eigenvalue weighted by atomic mass is 32.1. The number of carboxylic acids is 1. The SMILES string of the molecule is CC(C)c1ccc(-c2cc(C(=O)O)cs2)cc1. The first-order chi connectivity index (χ1) is 8.08. The number of aromatic carboxylic acids is 1. The van der Waals surface area contributed by atoms with Crippen molar-refractivity contribution in [3.63, 3.8) is 0 Å². The van der Waals surface area contributed by atoms with E-state index in [1.54, 1.807) is 11.4 Å². The van der Waals surface area contributed by atoms with Gasteiger partial charge in [0, 0.05) is 10.3 Å². The van der Waals surface area contributed by atoms with E-state index in [4.69, 9.17) is 5.11 Å². The van der Waals surface area contributed by atoms with Crippen molar-refractivity contribution in [2.75, 3.05) is 0 Å². The average Bonchev–Trinajstić information content (AvgIpc) is 2.78. The molecule has 88 valence electrons.